The van der Waals surface area contributed by atoms with Crippen molar-refractivity contribution in [2.75, 3.05) is 11.9 Å². The molecule has 1 aromatic heterocycles. The Balaban J connectivity index is 1.51. The van der Waals surface area contributed by atoms with Crippen molar-refractivity contribution in [1.29, 1.82) is 0 Å². The van der Waals surface area contributed by atoms with Crippen LogP contribution in [0.4, 0.5) is 5.82 Å². The quantitative estimate of drug-likeness (QED) is 0.674. The summed E-state index contributed by atoms with van der Waals surface area (Å²) in [7, 11) is 0. The van der Waals surface area contributed by atoms with Crippen molar-refractivity contribution in [3.63, 3.8) is 0 Å². The van der Waals surface area contributed by atoms with Crippen LogP contribution < -0.4 is 10.6 Å². The number of carbonyl (C=O) groups excluding carboxylic acids is 1. The van der Waals surface area contributed by atoms with E-state index in [0.29, 0.717) is 5.56 Å². The molecule has 4 heteroatoms. The summed E-state index contributed by atoms with van der Waals surface area (Å²) < 4.78 is 0. The maximum Gasteiger partial charge on any atom is 0.253 e. The average molecular weight is 345 g/mol. The number of pyridine rings is 1. The molecule has 2 aromatic carbocycles. The van der Waals surface area contributed by atoms with Crippen LogP contribution in [0, 0.1) is 0 Å². The fourth-order valence-electron chi connectivity index (χ4n) is 2.72. The molecular weight excluding hydrogens is 322 g/mol. The van der Waals surface area contributed by atoms with Gasteiger partial charge in [-0.15, -0.1) is 0 Å². The molecule has 3 rings (SSSR count). The van der Waals surface area contributed by atoms with Crippen LogP contribution in [0.1, 0.15) is 34.5 Å². The predicted molar refractivity (Wildman–Crippen MR) is 105 cm³/mol. The lowest BCUT2D eigenvalue weighted by molar-refractivity contribution is 0.0939. The maximum absolute atomic E-state index is 12.4. The zero-order valence-corrected chi connectivity index (χ0v) is 14.9. The smallest absolute Gasteiger partial charge is 0.253 e. The van der Waals surface area contributed by atoms with Gasteiger partial charge in [0.15, 0.2) is 0 Å². The highest BCUT2D eigenvalue weighted by atomic mass is 16.1. The number of benzene rings is 2. The molecule has 3 aromatic rings. The molecule has 0 bridgehead atoms. The average Bonchev–Trinajstić information content (AvgIpc) is 2.70. The molecule has 0 saturated heterocycles. The molecule has 26 heavy (non-hydrogen) atoms. The van der Waals surface area contributed by atoms with Crippen LogP contribution in [-0.2, 0) is 6.42 Å². The SMILES string of the molecule is CC(NC(=O)c1ccc(NCCc2ccccc2)nc1)c1ccccc1. The van der Waals surface area contributed by atoms with E-state index in [1.165, 1.54) is 5.56 Å². The topological polar surface area (TPSA) is 54.0 Å². The zero-order valence-electron chi connectivity index (χ0n) is 14.9. The van der Waals surface area contributed by atoms with Crippen molar-refractivity contribution in [1.82, 2.24) is 10.3 Å². The third kappa shape index (κ3) is 4.93. The first-order valence-corrected chi connectivity index (χ1v) is 8.82. The molecular formula is C22H23N3O. The number of aromatic nitrogens is 1. The fourth-order valence-corrected chi connectivity index (χ4v) is 2.72. The van der Waals surface area contributed by atoms with E-state index in [-0.39, 0.29) is 11.9 Å². The van der Waals surface area contributed by atoms with Gasteiger partial charge in [0, 0.05) is 12.7 Å². The van der Waals surface area contributed by atoms with Gasteiger partial charge in [-0.2, -0.15) is 0 Å². The fraction of sp³-hybridized carbons (Fsp3) is 0.182. The van der Waals surface area contributed by atoms with Crippen molar-refractivity contribution >= 4 is 11.7 Å². The number of hydrogen-bond donors (Lipinski definition) is 2. The number of hydrogen-bond acceptors (Lipinski definition) is 3. The van der Waals surface area contributed by atoms with E-state index >= 15 is 0 Å². The second kappa shape index (κ2) is 8.81. The first-order chi connectivity index (χ1) is 12.7. The molecule has 0 aliphatic heterocycles. The van der Waals surface area contributed by atoms with E-state index in [0.717, 1.165) is 24.3 Å². The van der Waals surface area contributed by atoms with E-state index in [1.54, 1.807) is 12.3 Å². The molecule has 2 N–H and O–H groups in total. The second-order valence-corrected chi connectivity index (χ2v) is 6.20. The van der Waals surface area contributed by atoms with Gasteiger partial charge in [0.05, 0.1) is 11.6 Å². The molecule has 0 spiro atoms. The van der Waals surface area contributed by atoms with Gasteiger partial charge in [0.25, 0.3) is 5.91 Å². The van der Waals surface area contributed by atoms with Gasteiger partial charge in [-0.25, -0.2) is 4.98 Å². The summed E-state index contributed by atoms with van der Waals surface area (Å²) in [5.41, 5.74) is 2.92. The van der Waals surface area contributed by atoms with Gasteiger partial charge in [-0.05, 0) is 36.6 Å². The standard InChI is InChI=1S/C22H23N3O/c1-17(19-10-6-3-7-11-19)25-22(26)20-12-13-21(24-16-20)23-15-14-18-8-4-2-5-9-18/h2-13,16-17H,14-15H2,1H3,(H,23,24)(H,25,26). The van der Waals surface area contributed by atoms with Gasteiger partial charge < -0.3 is 10.6 Å². The molecule has 0 aliphatic carbocycles. The number of nitrogens with zero attached hydrogens (tertiary/aromatic N) is 1. The van der Waals surface area contributed by atoms with Crippen LogP contribution in [0.2, 0.25) is 0 Å². The van der Waals surface area contributed by atoms with Gasteiger partial charge >= 0.3 is 0 Å². The molecule has 1 amide bonds. The third-order valence-corrected chi connectivity index (χ3v) is 4.24. The minimum Gasteiger partial charge on any atom is -0.370 e. The minimum absolute atomic E-state index is 0.0487. The van der Waals surface area contributed by atoms with Crippen molar-refractivity contribution in [3.05, 3.63) is 95.7 Å². The number of anilines is 1. The number of nitrogens with one attached hydrogen (secondary N) is 2. The molecule has 1 heterocycles. The van der Waals surface area contributed by atoms with Crippen LogP contribution in [-0.4, -0.2) is 17.4 Å². The van der Waals surface area contributed by atoms with Gasteiger partial charge in [-0.3, -0.25) is 4.79 Å². The number of amides is 1. The molecule has 0 radical (unpaired) electrons. The largest absolute Gasteiger partial charge is 0.370 e. The van der Waals surface area contributed by atoms with E-state index in [1.807, 2.05) is 61.5 Å². The first-order valence-electron chi connectivity index (χ1n) is 8.82. The summed E-state index contributed by atoms with van der Waals surface area (Å²) in [5, 5.41) is 6.28. The Hall–Kier alpha value is -3.14. The Morgan fingerprint density at radius 2 is 1.65 bits per heavy atom. The summed E-state index contributed by atoms with van der Waals surface area (Å²) >= 11 is 0. The molecule has 1 unspecified atom stereocenters. The van der Waals surface area contributed by atoms with E-state index in [2.05, 4.69) is 27.8 Å². The van der Waals surface area contributed by atoms with Gasteiger partial charge in [0.2, 0.25) is 0 Å². The van der Waals surface area contributed by atoms with E-state index < -0.39 is 0 Å². The highest BCUT2D eigenvalue weighted by Gasteiger charge is 2.11. The minimum atomic E-state index is -0.121. The highest BCUT2D eigenvalue weighted by Crippen LogP contribution is 2.13. The van der Waals surface area contributed by atoms with Crippen LogP contribution in [0.15, 0.2) is 79.0 Å². The Kier molecular flexibility index (Phi) is 5.99. The molecule has 0 aliphatic rings. The number of carbonyl (C=O) groups is 1. The summed E-state index contributed by atoms with van der Waals surface area (Å²) in [5.74, 6) is 0.651. The monoisotopic (exact) mass is 345 g/mol. The predicted octanol–water partition coefficient (Wildman–Crippen LogP) is 4.23. The first kappa shape index (κ1) is 17.7. The lowest BCUT2D eigenvalue weighted by Gasteiger charge is -2.14. The van der Waals surface area contributed by atoms with Crippen LogP contribution in [0.25, 0.3) is 0 Å². The van der Waals surface area contributed by atoms with Gasteiger partial charge in [-0.1, -0.05) is 60.7 Å². The Morgan fingerprint density at radius 1 is 0.962 bits per heavy atom. The lowest BCUT2D eigenvalue weighted by Crippen LogP contribution is -2.26. The van der Waals surface area contributed by atoms with E-state index in [9.17, 15) is 4.79 Å². The Morgan fingerprint density at radius 3 is 2.31 bits per heavy atom. The van der Waals surface area contributed by atoms with Crippen LogP contribution in [0.5, 0.6) is 0 Å². The Bertz CT molecular complexity index is 817. The lowest BCUT2D eigenvalue weighted by atomic mass is 10.1. The summed E-state index contributed by atoms with van der Waals surface area (Å²) in [6, 6.07) is 23.8. The van der Waals surface area contributed by atoms with Crippen LogP contribution in [0.3, 0.4) is 0 Å². The summed E-state index contributed by atoms with van der Waals surface area (Å²) in [6.07, 6.45) is 2.54. The second-order valence-electron chi connectivity index (χ2n) is 6.20. The molecule has 132 valence electrons. The van der Waals surface area contributed by atoms with Crippen LogP contribution >= 0.6 is 0 Å². The molecule has 4 nitrogen and oxygen atoms in total. The van der Waals surface area contributed by atoms with Gasteiger partial charge in [0.1, 0.15) is 5.82 Å². The van der Waals surface area contributed by atoms with Crippen molar-refractivity contribution in [2.24, 2.45) is 0 Å². The van der Waals surface area contributed by atoms with Crippen molar-refractivity contribution in [3.8, 4) is 0 Å². The third-order valence-electron chi connectivity index (χ3n) is 4.24. The summed E-state index contributed by atoms with van der Waals surface area (Å²) in [4.78, 5) is 16.7. The van der Waals surface area contributed by atoms with Crippen molar-refractivity contribution < 1.29 is 4.79 Å². The number of rotatable bonds is 7. The molecule has 0 fully saturated rings. The molecule has 0 saturated carbocycles. The zero-order chi connectivity index (χ0) is 18.2. The summed E-state index contributed by atoms with van der Waals surface area (Å²) in [6.45, 7) is 2.77. The van der Waals surface area contributed by atoms with E-state index in [4.69, 9.17) is 0 Å². The molecule has 1 atom stereocenters. The highest BCUT2D eigenvalue weighted by molar-refractivity contribution is 5.94. The normalized spacial score (nSPS) is 11.6. The maximum atomic E-state index is 12.4. The Labute approximate surface area is 154 Å². The van der Waals surface area contributed by atoms with Crippen molar-refractivity contribution in [2.45, 2.75) is 19.4 Å².